The first-order valence-corrected chi connectivity index (χ1v) is 7.26. The van der Waals surface area contributed by atoms with E-state index in [1.165, 1.54) is 0 Å². The second-order valence-corrected chi connectivity index (χ2v) is 6.54. The summed E-state index contributed by atoms with van der Waals surface area (Å²) in [4.78, 5) is 16.4. The Morgan fingerprint density at radius 2 is 2.14 bits per heavy atom. The molecule has 0 aliphatic carbocycles. The van der Waals surface area contributed by atoms with E-state index in [0.717, 1.165) is 5.56 Å². The van der Waals surface area contributed by atoms with E-state index in [-0.39, 0.29) is 22.7 Å². The molecule has 0 unspecified atom stereocenters. The Kier molecular flexibility index (Phi) is 3.45. The minimum absolute atomic E-state index is 0.103. The minimum atomic E-state index is -1.52. The normalized spacial score (nSPS) is 16.4. The first-order valence-electron chi connectivity index (χ1n) is 6.12. The van der Waals surface area contributed by atoms with E-state index < -0.39 is 10.1 Å². The summed E-state index contributed by atoms with van der Waals surface area (Å²) in [6.45, 7) is 0.402. The molecule has 0 bridgehead atoms. The summed E-state index contributed by atoms with van der Waals surface area (Å²) in [6.07, 6.45) is 3.52. The number of aromatic nitrogens is 2. The van der Waals surface area contributed by atoms with Gasteiger partial charge in [0.1, 0.15) is 17.3 Å². The molecule has 0 spiro atoms. The zero-order valence-corrected chi connectivity index (χ0v) is 12.9. The van der Waals surface area contributed by atoms with Crippen LogP contribution in [-0.2, 0) is 6.54 Å². The van der Waals surface area contributed by atoms with E-state index in [9.17, 15) is 10.1 Å². The highest BCUT2D eigenvalue weighted by molar-refractivity contribution is 6.60. The number of carbonyl (C=O) groups excluding carboxylic acids is 1. The largest absolute Gasteiger partial charge is 0.335 e. The Labute approximate surface area is 135 Å². The maximum atomic E-state index is 12.4. The zero-order valence-electron chi connectivity index (χ0n) is 10.6. The highest BCUT2D eigenvalue weighted by Crippen LogP contribution is 2.43. The third kappa shape index (κ3) is 2.13. The molecule has 3 rings (SSSR count). The number of fused-ring (bicyclic) bond motifs is 1. The number of nitrogens with zero attached hydrogens (tertiary/aromatic N) is 3. The van der Waals surface area contributed by atoms with Gasteiger partial charge < -0.3 is 4.57 Å². The van der Waals surface area contributed by atoms with Gasteiger partial charge in [0.05, 0.1) is 10.7 Å². The van der Waals surface area contributed by atoms with Crippen LogP contribution < -0.4 is 0 Å². The van der Waals surface area contributed by atoms with E-state index in [4.69, 9.17) is 34.8 Å². The van der Waals surface area contributed by atoms with Crippen LogP contribution in [0.2, 0.25) is 5.02 Å². The average molecular weight is 341 g/mol. The number of hydrogen-bond acceptors (Lipinski definition) is 3. The van der Waals surface area contributed by atoms with Crippen LogP contribution in [0.4, 0.5) is 0 Å². The van der Waals surface area contributed by atoms with Crippen molar-refractivity contribution >= 4 is 40.6 Å². The number of Topliss-reactive ketones (excluding diaryl/α,β-unsaturated/α-hetero) is 1. The Hall–Kier alpha value is -1.54. The van der Waals surface area contributed by atoms with Crippen LogP contribution in [0.1, 0.15) is 22.5 Å². The molecule has 1 aliphatic rings. The van der Waals surface area contributed by atoms with Gasteiger partial charge in [0, 0.05) is 30.9 Å². The van der Waals surface area contributed by atoms with Gasteiger partial charge in [-0.1, -0.05) is 34.8 Å². The van der Waals surface area contributed by atoms with Crippen molar-refractivity contribution in [3.05, 3.63) is 40.8 Å². The van der Waals surface area contributed by atoms with Crippen molar-refractivity contribution in [2.45, 2.75) is 17.3 Å². The summed E-state index contributed by atoms with van der Waals surface area (Å²) >= 11 is 18.4. The van der Waals surface area contributed by atoms with Gasteiger partial charge in [-0.15, -0.1) is 0 Å². The molecule has 0 N–H and O–H groups in total. The summed E-state index contributed by atoms with van der Waals surface area (Å²) in [5.74, 6) is -0.495. The monoisotopic (exact) mass is 339 g/mol. The zero-order chi connectivity index (χ0) is 15.2. The topological polar surface area (TPSA) is 58.7 Å². The molecular weight excluding hydrogens is 333 g/mol. The number of ketones is 1. The summed E-state index contributed by atoms with van der Waals surface area (Å²) in [5.41, 5.74) is 1.59. The number of hydrogen-bond donors (Lipinski definition) is 0. The van der Waals surface area contributed by atoms with Crippen molar-refractivity contribution in [1.82, 2.24) is 9.55 Å². The van der Waals surface area contributed by atoms with Crippen molar-refractivity contribution in [3.63, 3.8) is 0 Å². The first-order chi connectivity index (χ1) is 9.97. The predicted octanol–water partition coefficient (Wildman–Crippen LogP) is 3.84. The lowest BCUT2D eigenvalue weighted by Gasteiger charge is -2.26. The van der Waals surface area contributed by atoms with Crippen LogP contribution in [0.25, 0.3) is 11.3 Å². The van der Waals surface area contributed by atoms with E-state index in [0.29, 0.717) is 12.2 Å². The number of carbonyl (C=O) groups is 1. The lowest BCUT2D eigenvalue weighted by Crippen LogP contribution is -2.35. The molecule has 1 aliphatic heterocycles. The molecule has 7 heteroatoms. The summed E-state index contributed by atoms with van der Waals surface area (Å²) in [5, 5.41) is 9.54. The lowest BCUT2D eigenvalue weighted by molar-refractivity contribution is 0.0942. The minimum Gasteiger partial charge on any atom is -0.335 e. The number of alkyl halides is 2. The van der Waals surface area contributed by atoms with Gasteiger partial charge in [0.2, 0.25) is 5.78 Å². The Bertz CT molecular complexity index is 775. The molecule has 0 amide bonds. The molecule has 3 heterocycles. The molecule has 106 valence electrons. The Morgan fingerprint density at radius 3 is 2.76 bits per heavy atom. The van der Waals surface area contributed by atoms with Crippen LogP contribution in [-0.4, -0.2) is 19.7 Å². The molecule has 0 radical (unpaired) electrons. The maximum absolute atomic E-state index is 12.4. The number of pyridine rings is 1. The van der Waals surface area contributed by atoms with Crippen molar-refractivity contribution in [2.24, 2.45) is 0 Å². The van der Waals surface area contributed by atoms with Gasteiger partial charge >= 0.3 is 0 Å². The molecule has 2 aromatic rings. The molecule has 4 nitrogen and oxygen atoms in total. The van der Waals surface area contributed by atoms with E-state index >= 15 is 0 Å². The van der Waals surface area contributed by atoms with Gasteiger partial charge in [-0.05, 0) is 12.1 Å². The smallest absolute Gasteiger partial charge is 0.216 e. The van der Waals surface area contributed by atoms with Gasteiger partial charge in [-0.3, -0.25) is 9.78 Å². The molecular formula is C14H8Cl3N3O. The van der Waals surface area contributed by atoms with Gasteiger partial charge in [0.25, 0.3) is 0 Å². The quantitative estimate of drug-likeness (QED) is 0.741. The van der Waals surface area contributed by atoms with Crippen LogP contribution in [0.3, 0.4) is 0 Å². The highest BCUT2D eigenvalue weighted by Gasteiger charge is 2.43. The molecule has 0 atom stereocenters. The average Bonchev–Trinajstić information content (AvgIpc) is 2.76. The fourth-order valence-electron chi connectivity index (χ4n) is 2.47. The van der Waals surface area contributed by atoms with Crippen LogP contribution in [0, 0.1) is 11.3 Å². The van der Waals surface area contributed by atoms with Crippen molar-refractivity contribution < 1.29 is 4.79 Å². The predicted molar refractivity (Wildman–Crippen MR) is 80.8 cm³/mol. The molecule has 0 saturated heterocycles. The van der Waals surface area contributed by atoms with E-state index in [1.807, 2.05) is 12.1 Å². The van der Waals surface area contributed by atoms with E-state index in [1.54, 1.807) is 23.0 Å². The molecule has 2 aromatic heterocycles. The highest BCUT2D eigenvalue weighted by atomic mass is 35.5. The lowest BCUT2D eigenvalue weighted by atomic mass is 10.0. The third-order valence-corrected chi connectivity index (χ3v) is 4.54. The van der Waals surface area contributed by atoms with Crippen molar-refractivity contribution in [1.29, 1.82) is 5.26 Å². The summed E-state index contributed by atoms with van der Waals surface area (Å²) in [6, 6.07) is 5.55. The van der Waals surface area contributed by atoms with Crippen molar-refractivity contribution in [2.75, 3.05) is 0 Å². The molecule has 21 heavy (non-hydrogen) atoms. The van der Waals surface area contributed by atoms with Crippen LogP contribution in [0.5, 0.6) is 0 Å². The Balaban J connectivity index is 2.32. The number of halogens is 3. The summed E-state index contributed by atoms with van der Waals surface area (Å²) < 4.78 is 0.179. The standard InChI is InChI=1S/C14H8Cl3N3O/c15-10-9(6-18)12-13(21)14(16,17)3-5-20(12)11(10)8-2-1-4-19-7-8/h1-2,4,7H,3,5H2. The Morgan fingerprint density at radius 1 is 1.38 bits per heavy atom. The van der Waals surface area contributed by atoms with Gasteiger partial charge in [-0.25, -0.2) is 0 Å². The number of nitriles is 1. The van der Waals surface area contributed by atoms with E-state index in [2.05, 4.69) is 4.98 Å². The fraction of sp³-hybridized carbons (Fsp3) is 0.214. The molecule has 0 aromatic carbocycles. The molecule has 0 fully saturated rings. The summed E-state index contributed by atoms with van der Waals surface area (Å²) in [7, 11) is 0. The van der Waals surface area contributed by atoms with Gasteiger partial charge in [-0.2, -0.15) is 5.26 Å². The van der Waals surface area contributed by atoms with Crippen molar-refractivity contribution in [3.8, 4) is 17.3 Å². The molecule has 0 saturated carbocycles. The third-order valence-electron chi connectivity index (χ3n) is 3.45. The maximum Gasteiger partial charge on any atom is 0.216 e. The first kappa shape index (κ1) is 14.4. The SMILES string of the molecule is N#Cc1c(Cl)c(-c2cccnc2)n2c1C(=O)C(Cl)(Cl)CC2. The van der Waals surface area contributed by atoms with Crippen LogP contribution >= 0.6 is 34.8 Å². The van der Waals surface area contributed by atoms with Crippen LogP contribution in [0.15, 0.2) is 24.5 Å². The second kappa shape index (κ2) is 5.03. The van der Waals surface area contributed by atoms with Gasteiger partial charge in [0.15, 0.2) is 4.33 Å². The second-order valence-electron chi connectivity index (χ2n) is 4.67. The number of rotatable bonds is 1. The fourth-order valence-corrected chi connectivity index (χ4v) is 3.16.